The number of rotatable bonds is 2. The molecule has 2 unspecified atom stereocenters. The van der Waals surface area contributed by atoms with Crippen LogP contribution in [0.5, 0.6) is 0 Å². The Morgan fingerprint density at radius 3 is 2.95 bits per heavy atom. The highest BCUT2D eigenvalue weighted by Crippen LogP contribution is 2.27. The molecule has 0 aromatic heterocycles. The van der Waals surface area contributed by atoms with E-state index in [0.29, 0.717) is 18.5 Å². The molecule has 6 heteroatoms. The van der Waals surface area contributed by atoms with Gasteiger partial charge in [0, 0.05) is 39.3 Å². The zero-order chi connectivity index (χ0) is 13.5. The number of fused-ring (bicyclic) bond motifs is 1. The quantitative estimate of drug-likeness (QED) is 0.605. The lowest BCUT2D eigenvalue weighted by atomic mass is 9.88. The van der Waals surface area contributed by atoms with Crippen LogP contribution in [0.1, 0.15) is 13.3 Å². The Morgan fingerprint density at radius 1 is 1.37 bits per heavy atom. The highest BCUT2D eigenvalue weighted by molar-refractivity contribution is 6.35. The van der Waals surface area contributed by atoms with Gasteiger partial charge in [0.1, 0.15) is 0 Å². The van der Waals surface area contributed by atoms with E-state index in [1.54, 1.807) is 4.90 Å². The van der Waals surface area contributed by atoms with Crippen molar-refractivity contribution in [2.24, 2.45) is 5.41 Å². The molecule has 19 heavy (non-hydrogen) atoms. The standard InChI is InChI=1S/C13H22N4O2/c1-13(2-3-14-8-13)9-16-4-5-17-10(7-16)6-15-11(18)12(17)19/h10,14H,2-9H2,1H3,(H,15,18). The van der Waals surface area contributed by atoms with E-state index in [4.69, 9.17) is 0 Å². The number of hydrogen-bond acceptors (Lipinski definition) is 4. The fourth-order valence-electron chi connectivity index (χ4n) is 3.47. The molecular formula is C13H22N4O2. The lowest BCUT2D eigenvalue weighted by Gasteiger charge is -2.45. The molecule has 0 aromatic rings. The molecule has 3 fully saturated rings. The van der Waals surface area contributed by atoms with Crippen molar-refractivity contribution in [3.05, 3.63) is 0 Å². The van der Waals surface area contributed by atoms with E-state index >= 15 is 0 Å². The van der Waals surface area contributed by atoms with Crippen LogP contribution in [-0.2, 0) is 9.59 Å². The van der Waals surface area contributed by atoms with Gasteiger partial charge < -0.3 is 15.5 Å². The van der Waals surface area contributed by atoms with E-state index in [1.807, 2.05) is 0 Å². The molecule has 2 N–H and O–H groups in total. The highest BCUT2D eigenvalue weighted by atomic mass is 16.2. The molecule has 0 aliphatic carbocycles. The smallest absolute Gasteiger partial charge is 0.312 e. The number of nitrogens with zero attached hydrogens (tertiary/aromatic N) is 2. The Morgan fingerprint density at radius 2 is 2.21 bits per heavy atom. The summed E-state index contributed by atoms with van der Waals surface area (Å²) >= 11 is 0. The lowest BCUT2D eigenvalue weighted by Crippen LogP contribution is -2.65. The fourth-order valence-corrected chi connectivity index (χ4v) is 3.47. The van der Waals surface area contributed by atoms with Crippen molar-refractivity contribution in [2.75, 3.05) is 45.8 Å². The van der Waals surface area contributed by atoms with Gasteiger partial charge in [0.25, 0.3) is 0 Å². The molecular weight excluding hydrogens is 244 g/mol. The minimum Gasteiger partial charge on any atom is -0.346 e. The molecule has 106 valence electrons. The summed E-state index contributed by atoms with van der Waals surface area (Å²) in [6, 6.07) is 0.150. The molecule has 3 aliphatic heterocycles. The van der Waals surface area contributed by atoms with Crippen molar-refractivity contribution in [3.63, 3.8) is 0 Å². The lowest BCUT2D eigenvalue weighted by molar-refractivity contribution is -0.152. The summed E-state index contributed by atoms with van der Waals surface area (Å²) < 4.78 is 0. The Hall–Kier alpha value is -1.14. The monoisotopic (exact) mass is 266 g/mol. The Balaban J connectivity index is 1.60. The van der Waals surface area contributed by atoms with Gasteiger partial charge in [-0.15, -0.1) is 0 Å². The minimum absolute atomic E-state index is 0.150. The van der Waals surface area contributed by atoms with Crippen LogP contribution in [0.25, 0.3) is 0 Å². The first-order chi connectivity index (χ1) is 9.07. The second kappa shape index (κ2) is 4.76. The normalized spacial score (nSPS) is 36.3. The van der Waals surface area contributed by atoms with Crippen molar-refractivity contribution in [2.45, 2.75) is 19.4 Å². The molecule has 0 radical (unpaired) electrons. The van der Waals surface area contributed by atoms with Crippen molar-refractivity contribution in [3.8, 4) is 0 Å². The summed E-state index contributed by atoms with van der Waals surface area (Å²) in [4.78, 5) is 27.3. The molecule has 6 nitrogen and oxygen atoms in total. The van der Waals surface area contributed by atoms with Crippen LogP contribution in [0.15, 0.2) is 0 Å². The molecule has 3 rings (SSSR count). The van der Waals surface area contributed by atoms with Gasteiger partial charge in [-0.05, 0) is 18.4 Å². The third-order valence-corrected chi connectivity index (χ3v) is 4.58. The Labute approximate surface area is 113 Å². The predicted octanol–water partition coefficient (Wildman–Crippen LogP) is -1.37. The maximum absolute atomic E-state index is 11.8. The molecule has 0 saturated carbocycles. The summed E-state index contributed by atoms with van der Waals surface area (Å²) in [6.45, 7) is 8.62. The van der Waals surface area contributed by atoms with Crippen LogP contribution >= 0.6 is 0 Å². The number of hydrogen-bond donors (Lipinski definition) is 2. The maximum Gasteiger partial charge on any atom is 0.312 e. The summed E-state index contributed by atoms with van der Waals surface area (Å²) in [7, 11) is 0. The largest absolute Gasteiger partial charge is 0.346 e. The molecule has 3 heterocycles. The van der Waals surface area contributed by atoms with Crippen LogP contribution in [0, 0.1) is 5.41 Å². The Bertz CT molecular complexity index is 392. The van der Waals surface area contributed by atoms with E-state index in [2.05, 4.69) is 22.5 Å². The number of carbonyl (C=O) groups excluding carboxylic acids is 2. The van der Waals surface area contributed by atoms with Gasteiger partial charge in [-0.25, -0.2) is 0 Å². The van der Waals surface area contributed by atoms with Gasteiger partial charge in [-0.2, -0.15) is 0 Å². The van der Waals surface area contributed by atoms with Gasteiger partial charge in [0.05, 0.1) is 6.04 Å². The van der Waals surface area contributed by atoms with Crippen LogP contribution in [0.4, 0.5) is 0 Å². The fraction of sp³-hybridized carbons (Fsp3) is 0.846. The van der Waals surface area contributed by atoms with Gasteiger partial charge >= 0.3 is 11.8 Å². The molecule has 0 bridgehead atoms. The van der Waals surface area contributed by atoms with Crippen molar-refractivity contribution < 1.29 is 9.59 Å². The summed E-state index contributed by atoms with van der Waals surface area (Å²) in [6.07, 6.45) is 1.22. The van der Waals surface area contributed by atoms with E-state index in [9.17, 15) is 9.59 Å². The molecule has 3 aliphatic rings. The van der Waals surface area contributed by atoms with Gasteiger partial charge in [-0.1, -0.05) is 6.92 Å². The van der Waals surface area contributed by atoms with E-state index < -0.39 is 5.91 Å². The second-order valence-corrected chi connectivity index (χ2v) is 6.33. The van der Waals surface area contributed by atoms with E-state index in [-0.39, 0.29) is 11.9 Å². The van der Waals surface area contributed by atoms with Gasteiger partial charge in [0.15, 0.2) is 0 Å². The van der Waals surface area contributed by atoms with Crippen LogP contribution in [0.2, 0.25) is 0 Å². The predicted molar refractivity (Wildman–Crippen MR) is 70.5 cm³/mol. The van der Waals surface area contributed by atoms with Gasteiger partial charge in [-0.3, -0.25) is 14.5 Å². The third kappa shape index (κ3) is 2.47. The number of nitrogens with one attached hydrogen (secondary N) is 2. The molecule has 2 atom stereocenters. The summed E-state index contributed by atoms with van der Waals surface area (Å²) in [5.41, 5.74) is 0.351. The first-order valence-electron chi connectivity index (χ1n) is 7.09. The zero-order valence-electron chi connectivity index (χ0n) is 11.4. The summed E-state index contributed by atoms with van der Waals surface area (Å²) in [5, 5.41) is 6.11. The topological polar surface area (TPSA) is 64.7 Å². The third-order valence-electron chi connectivity index (χ3n) is 4.58. The summed E-state index contributed by atoms with van der Waals surface area (Å²) in [5.74, 6) is -0.804. The molecule has 0 aromatic carbocycles. The van der Waals surface area contributed by atoms with Crippen molar-refractivity contribution >= 4 is 11.8 Å². The van der Waals surface area contributed by atoms with Crippen LogP contribution < -0.4 is 10.6 Å². The molecule has 3 saturated heterocycles. The number of amides is 2. The first kappa shape index (κ1) is 12.9. The van der Waals surface area contributed by atoms with Gasteiger partial charge in [0.2, 0.25) is 0 Å². The van der Waals surface area contributed by atoms with Crippen LogP contribution in [0.3, 0.4) is 0 Å². The van der Waals surface area contributed by atoms with Crippen LogP contribution in [-0.4, -0.2) is 73.5 Å². The maximum atomic E-state index is 11.8. The molecule has 0 spiro atoms. The second-order valence-electron chi connectivity index (χ2n) is 6.33. The SMILES string of the molecule is CC1(CN2CCN3C(=O)C(=O)NCC3C2)CCNC1. The zero-order valence-corrected chi connectivity index (χ0v) is 11.4. The minimum atomic E-state index is -0.448. The average molecular weight is 266 g/mol. The number of piperazine rings is 2. The van der Waals surface area contributed by atoms with E-state index in [0.717, 1.165) is 32.7 Å². The first-order valence-corrected chi connectivity index (χ1v) is 7.09. The van der Waals surface area contributed by atoms with E-state index in [1.165, 1.54) is 6.42 Å². The Kier molecular flexibility index (Phi) is 3.22. The number of carbonyl (C=O) groups is 2. The highest BCUT2D eigenvalue weighted by Gasteiger charge is 2.39. The van der Waals surface area contributed by atoms with Crippen molar-refractivity contribution in [1.29, 1.82) is 0 Å². The molecule has 2 amide bonds. The average Bonchev–Trinajstić information content (AvgIpc) is 2.80. The van der Waals surface area contributed by atoms with Crippen molar-refractivity contribution in [1.82, 2.24) is 20.4 Å².